The van der Waals surface area contributed by atoms with Crippen LogP contribution in [0, 0.1) is 11.5 Å². The number of H-pyrrole nitrogens is 1. The molecule has 0 aliphatic carbocycles. The number of aromatic amines is 1. The van der Waals surface area contributed by atoms with E-state index in [4.69, 9.17) is 5.73 Å². The molecule has 0 aliphatic rings. The van der Waals surface area contributed by atoms with E-state index in [2.05, 4.69) is 46.5 Å². The SMILES string of the molecule is C[Si](C)(C)C#Cc1cccc(-c2n[nH]nc2C(N)=O)c1. The van der Waals surface area contributed by atoms with Gasteiger partial charge in [0.15, 0.2) is 5.69 Å². The Bertz CT molecular complexity index is 704. The van der Waals surface area contributed by atoms with Gasteiger partial charge in [-0.2, -0.15) is 15.4 Å². The highest BCUT2D eigenvalue weighted by Crippen LogP contribution is 2.20. The number of nitrogens with one attached hydrogen (secondary N) is 1. The van der Waals surface area contributed by atoms with E-state index in [-0.39, 0.29) is 5.69 Å². The predicted octanol–water partition coefficient (Wildman–Crippen LogP) is 1.80. The molecule has 102 valence electrons. The van der Waals surface area contributed by atoms with Gasteiger partial charge in [-0.25, -0.2) is 0 Å². The Kier molecular flexibility index (Phi) is 3.72. The molecule has 1 amide bonds. The predicted molar refractivity (Wildman–Crippen MR) is 80.6 cm³/mol. The van der Waals surface area contributed by atoms with Gasteiger partial charge >= 0.3 is 0 Å². The van der Waals surface area contributed by atoms with Crippen molar-refractivity contribution < 1.29 is 4.79 Å². The molecule has 0 radical (unpaired) electrons. The molecular formula is C14H16N4OSi. The van der Waals surface area contributed by atoms with Crippen molar-refractivity contribution in [2.45, 2.75) is 19.6 Å². The Balaban J connectivity index is 2.42. The van der Waals surface area contributed by atoms with E-state index in [0.29, 0.717) is 5.69 Å². The smallest absolute Gasteiger partial charge is 0.271 e. The number of primary amides is 1. The number of amides is 1. The summed E-state index contributed by atoms with van der Waals surface area (Å²) in [5.41, 5.74) is 10.8. The van der Waals surface area contributed by atoms with E-state index in [1.807, 2.05) is 24.3 Å². The minimum absolute atomic E-state index is 0.139. The van der Waals surface area contributed by atoms with Crippen molar-refractivity contribution in [1.29, 1.82) is 0 Å². The monoisotopic (exact) mass is 284 g/mol. The molecule has 2 aromatic rings. The van der Waals surface area contributed by atoms with Gasteiger partial charge in [0, 0.05) is 11.1 Å². The van der Waals surface area contributed by atoms with E-state index in [9.17, 15) is 4.79 Å². The molecule has 0 unspecified atom stereocenters. The van der Waals surface area contributed by atoms with Crippen molar-refractivity contribution >= 4 is 14.0 Å². The van der Waals surface area contributed by atoms with E-state index in [1.165, 1.54) is 0 Å². The van der Waals surface area contributed by atoms with Crippen LogP contribution >= 0.6 is 0 Å². The molecule has 0 aliphatic heterocycles. The summed E-state index contributed by atoms with van der Waals surface area (Å²) < 4.78 is 0. The third-order valence-corrected chi connectivity index (χ3v) is 3.37. The Morgan fingerprint density at radius 3 is 2.70 bits per heavy atom. The van der Waals surface area contributed by atoms with Crippen molar-refractivity contribution in [2.24, 2.45) is 5.73 Å². The van der Waals surface area contributed by atoms with Crippen LogP contribution in [-0.4, -0.2) is 29.4 Å². The lowest BCUT2D eigenvalue weighted by molar-refractivity contribution is 0.0996. The van der Waals surface area contributed by atoms with Crippen molar-refractivity contribution in [2.75, 3.05) is 0 Å². The van der Waals surface area contributed by atoms with Gasteiger partial charge in [-0.05, 0) is 12.1 Å². The van der Waals surface area contributed by atoms with Crippen LogP contribution in [0.25, 0.3) is 11.3 Å². The van der Waals surface area contributed by atoms with Gasteiger partial charge < -0.3 is 5.73 Å². The van der Waals surface area contributed by atoms with Crippen LogP contribution in [-0.2, 0) is 0 Å². The molecule has 0 atom stereocenters. The van der Waals surface area contributed by atoms with E-state index >= 15 is 0 Å². The molecule has 1 aromatic carbocycles. The number of rotatable bonds is 2. The first-order chi connectivity index (χ1) is 9.37. The first kappa shape index (κ1) is 14.0. The Labute approximate surface area is 118 Å². The molecule has 6 heteroatoms. The second-order valence-corrected chi connectivity index (χ2v) is 10.2. The number of carbonyl (C=O) groups is 1. The zero-order valence-electron chi connectivity index (χ0n) is 11.7. The zero-order chi connectivity index (χ0) is 14.8. The number of nitrogens with two attached hydrogens (primary N) is 1. The Hall–Kier alpha value is -2.39. The van der Waals surface area contributed by atoms with Crippen LogP contribution in [0.2, 0.25) is 19.6 Å². The number of hydrogen-bond donors (Lipinski definition) is 2. The average Bonchev–Trinajstić information content (AvgIpc) is 2.85. The van der Waals surface area contributed by atoms with Crippen LogP contribution in [0.5, 0.6) is 0 Å². The highest BCUT2D eigenvalue weighted by atomic mass is 28.3. The largest absolute Gasteiger partial charge is 0.364 e. The third-order valence-electron chi connectivity index (χ3n) is 2.50. The molecule has 0 bridgehead atoms. The summed E-state index contributed by atoms with van der Waals surface area (Å²) in [4.78, 5) is 11.3. The normalized spacial score (nSPS) is 10.8. The molecule has 1 heterocycles. The molecule has 20 heavy (non-hydrogen) atoms. The molecule has 0 spiro atoms. The number of hydrogen-bond acceptors (Lipinski definition) is 3. The Morgan fingerprint density at radius 2 is 2.05 bits per heavy atom. The molecule has 0 saturated heterocycles. The van der Waals surface area contributed by atoms with Gasteiger partial charge in [0.2, 0.25) is 0 Å². The van der Waals surface area contributed by atoms with E-state index < -0.39 is 14.0 Å². The van der Waals surface area contributed by atoms with Crippen molar-refractivity contribution in [3.63, 3.8) is 0 Å². The molecule has 0 fully saturated rings. The van der Waals surface area contributed by atoms with Crippen LogP contribution < -0.4 is 5.73 Å². The first-order valence-electron chi connectivity index (χ1n) is 6.21. The fraction of sp³-hybridized carbons (Fsp3) is 0.214. The number of nitrogens with zero attached hydrogens (tertiary/aromatic N) is 2. The van der Waals surface area contributed by atoms with Crippen LogP contribution in [0.1, 0.15) is 16.1 Å². The fourth-order valence-electron chi connectivity index (χ4n) is 1.61. The van der Waals surface area contributed by atoms with Gasteiger partial charge in [0.25, 0.3) is 5.91 Å². The fourth-order valence-corrected chi connectivity index (χ4v) is 2.13. The summed E-state index contributed by atoms with van der Waals surface area (Å²) in [6.07, 6.45) is 0. The lowest BCUT2D eigenvalue weighted by Crippen LogP contribution is -2.16. The minimum atomic E-state index is -1.42. The lowest BCUT2D eigenvalue weighted by Gasteiger charge is -2.04. The third kappa shape index (κ3) is 3.33. The highest BCUT2D eigenvalue weighted by molar-refractivity contribution is 6.83. The average molecular weight is 284 g/mol. The number of benzene rings is 1. The van der Waals surface area contributed by atoms with Gasteiger partial charge in [-0.1, -0.05) is 37.7 Å². The van der Waals surface area contributed by atoms with Crippen molar-refractivity contribution in [3.05, 3.63) is 35.5 Å². The molecule has 5 nitrogen and oxygen atoms in total. The summed E-state index contributed by atoms with van der Waals surface area (Å²) in [6.45, 7) is 6.56. The second-order valence-electron chi connectivity index (χ2n) is 5.47. The Morgan fingerprint density at radius 1 is 1.30 bits per heavy atom. The summed E-state index contributed by atoms with van der Waals surface area (Å²) in [6, 6.07) is 7.55. The standard InChI is InChI=1S/C14H16N4OSi/c1-20(2,3)8-7-10-5-4-6-11(9-10)12-13(14(15)19)17-18-16-12/h4-6,9H,1-3H3,(H2,15,19)(H,16,17,18). The van der Waals surface area contributed by atoms with Crippen molar-refractivity contribution in [3.8, 4) is 22.7 Å². The summed E-state index contributed by atoms with van der Waals surface area (Å²) in [5, 5.41) is 10.2. The minimum Gasteiger partial charge on any atom is -0.364 e. The van der Waals surface area contributed by atoms with Crippen molar-refractivity contribution in [1.82, 2.24) is 15.4 Å². The first-order valence-corrected chi connectivity index (χ1v) is 9.71. The molecule has 2 rings (SSSR count). The highest BCUT2D eigenvalue weighted by Gasteiger charge is 2.15. The maximum Gasteiger partial charge on any atom is 0.271 e. The molecular weight excluding hydrogens is 268 g/mol. The molecule has 3 N–H and O–H groups in total. The zero-order valence-corrected chi connectivity index (χ0v) is 12.7. The van der Waals surface area contributed by atoms with Gasteiger partial charge in [-0.3, -0.25) is 4.79 Å². The van der Waals surface area contributed by atoms with Crippen LogP contribution in [0.4, 0.5) is 0 Å². The summed E-state index contributed by atoms with van der Waals surface area (Å²) >= 11 is 0. The van der Waals surface area contributed by atoms with Gasteiger partial charge in [-0.15, -0.1) is 5.54 Å². The topological polar surface area (TPSA) is 84.7 Å². The maximum absolute atomic E-state index is 11.3. The molecule has 1 aromatic heterocycles. The second kappa shape index (κ2) is 5.31. The summed E-state index contributed by atoms with van der Waals surface area (Å²) in [7, 11) is -1.42. The number of aromatic nitrogens is 3. The van der Waals surface area contributed by atoms with E-state index in [1.54, 1.807) is 0 Å². The van der Waals surface area contributed by atoms with Gasteiger partial charge in [0.1, 0.15) is 13.8 Å². The summed E-state index contributed by atoms with van der Waals surface area (Å²) in [5.74, 6) is 2.57. The molecule has 0 saturated carbocycles. The quantitative estimate of drug-likeness (QED) is 0.651. The lowest BCUT2D eigenvalue weighted by atomic mass is 10.1. The van der Waals surface area contributed by atoms with Crippen LogP contribution in [0.3, 0.4) is 0 Å². The maximum atomic E-state index is 11.3. The van der Waals surface area contributed by atoms with E-state index in [0.717, 1.165) is 11.1 Å². The van der Waals surface area contributed by atoms with Crippen LogP contribution in [0.15, 0.2) is 24.3 Å². The number of carbonyl (C=O) groups excluding carboxylic acids is 1. The van der Waals surface area contributed by atoms with Gasteiger partial charge in [0.05, 0.1) is 0 Å².